The first-order valence-corrected chi connectivity index (χ1v) is 8.93. The molecule has 3 rings (SSSR count). The van der Waals surface area contributed by atoms with Crippen LogP contribution in [0.4, 0.5) is 0 Å². The number of carbonyl (C=O) groups excluding carboxylic acids is 1. The molecule has 0 unspecified atom stereocenters. The second-order valence-corrected chi connectivity index (χ2v) is 6.77. The maximum atomic E-state index is 13.0. The maximum Gasteiger partial charge on any atom is 0.254 e. The number of likely N-dealkylation sites (tertiary alicyclic amines) is 2. The molecule has 0 bridgehead atoms. The van der Waals surface area contributed by atoms with E-state index in [2.05, 4.69) is 16.8 Å². The molecule has 132 valence electrons. The highest BCUT2D eigenvalue weighted by molar-refractivity contribution is 5.95. The Labute approximate surface area is 144 Å². The van der Waals surface area contributed by atoms with Crippen LogP contribution in [-0.2, 0) is 4.74 Å². The van der Waals surface area contributed by atoms with Gasteiger partial charge >= 0.3 is 0 Å². The van der Waals surface area contributed by atoms with Crippen LogP contribution in [0.15, 0.2) is 24.3 Å². The van der Waals surface area contributed by atoms with Gasteiger partial charge in [0.1, 0.15) is 12.4 Å². The van der Waals surface area contributed by atoms with E-state index in [0.717, 1.165) is 37.2 Å². The van der Waals surface area contributed by atoms with Gasteiger partial charge in [0.05, 0.1) is 6.61 Å². The van der Waals surface area contributed by atoms with Crippen molar-refractivity contribution in [3.8, 4) is 5.75 Å². The Balaban J connectivity index is 1.69. The Hall–Kier alpha value is -1.59. The van der Waals surface area contributed by atoms with Crippen LogP contribution >= 0.6 is 0 Å². The van der Waals surface area contributed by atoms with E-state index in [1.165, 1.54) is 12.8 Å². The minimum absolute atomic E-state index is 0.134. The SMILES string of the molecule is COCCOc1cccc(C(=O)N2CCC[C@@H]2[C@@H]2CCCN2C)c1. The highest BCUT2D eigenvalue weighted by Gasteiger charge is 2.38. The summed E-state index contributed by atoms with van der Waals surface area (Å²) in [6.07, 6.45) is 4.66. The molecule has 0 radical (unpaired) electrons. The lowest BCUT2D eigenvalue weighted by Crippen LogP contribution is -2.47. The molecule has 1 amide bonds. The van der Waals surface area contributed by atoms with Crippen molar-refractivity contribution in [1.82, 2.24) is 9.80 Å². The van der Waals surface area contributed by atoms with Crippen molar-refractivity contribution in [3.05, 3.63) is 29.8 Å². The predicted molar refractivity (Wildman–Crippen MR) is 93.5 cm³/mol. The lowest BCUT2D eigenvalue weighted by Gasteiger charge is -2.33. The van der Waals surface area contributed by atoms with Gasteiger partial charge in [0.25, 0.3) is 5.91 Å². The zero-order valence-corrected chi connectivity index (χ0v) is 14.7. The van der Waals surface area contributed by atoms with Gasteiger partial charge in [0.2, 0.25) is 0 Å². The number of likely N-dealkylation sites (N-methyl/N-ethyl adjacent to an activating group) is 1. The van der Waals surface area contributed by atoms with Gasteiger partial charge in [-0.2, -0.15) is 0 Å². The van der Waals surface area contributed by atoms with E-state index in [4.69, 9.17) is 9.47 Å². The average molecular weight is 332 g/mol. The second-order valence-electron chi connectivity index (χ2n) is 6.77. The molecule has 2 saturated heterocycles. The zero-order valence-electron chi connectivity index (χ0n) is 14.7. The minimum atomic E-state index is 0.134. The van der Waals surface area contributed by atoms with E-state index in [0.29, 0.717) is 25.3 Å². The molecule has 0 aromatic heterocycles. The molecule has 24 heavy (non-hydrogen) atoms. The lowest BCUT2D eigenvalue weighted by molar-refractivity contribution is 0.0664. The van der Waals surface area contributed by atoms with Crippen LogP contribution in [0.25, 0.3) is 0 Å². The Kier molecular flexibility index (Phi) is 5.74. The van der Waals surface area contributed by atoms with Gasteiger partial charge in [-0.05, 0) is 57.5 Å². The molecular weight excluding hydrogens is 304 g/mol. The van der Waals surface area contributed by atoms with Crippen LogP contribution in [0.2, 0.25) is 0 Å². The number of ether oxygens (including phenoxy) is 2. The Morgan fingerprint density at radius 3 is 2.71 bits per heavy atom. The smallest absolute Gasteiger partial charge is 0.254 e. The summed E-state index contributed by atoms with van der Waals surface area (Å²) in [5, 5.41) is 0. The van der Waals surface area contributed by atoms with Gasteiger partial charge in [-0.15, -0.1) is 0 Å². The molecule has 1 aromatic carbocycles. The molecular formula is C19H28N2O3. The number of benzene rings is 1. The molecule has 1 aromatic rings. The van der Waals surface area contributed by atoms with Crippen LogP contribution in [0.5, 0.6) is 5.75 Å². The van der Waals surface area contributed by atoms with E-state index in [1.807, 2.05) is 24.3 Å². The first kappa shape index (κ1) is 17.2. The number of amides is 1. The molecule has 2 aliphatic rings. The maximum absolute atomic E-state index is 13.0. The second kappa shape index (κ2) is 7.99. The van der Waals surface area contributed by atoms with Crippen molar-refractivity contribution in [1.29, 1.82) is 0 Å². The quantitative estimate of drug-likeness (QED) is 0.750. The minimum Gasteiger partial charge on any atom is -0.491 e. The number of hydrogen-bond donors (Lipinski definition) is 0. The van der Waals surface area contributed by atoms with Crippen LogP contribution in [0.1, 0.15) is 36.0 Å². The van der Waals surface area contributed by atoms with E-state index >= 15 is 0 Å². The third kappa shape index (κ3) is 3.73. The number of hydrogen-bond acceptors (Lipinski definition) is 4. The fourth-order valence-electron chi connectivity index (χ4n) is 3.99. The summed E-state index contributed by atoms with van der Waals surface area (Å²) in [5.74, 6) is 0.863. The molecule has 5 nitrogen and oxygen atoms in total. The van der Waals surface area contributed by atoms with E-state index < -0.39 is 0 Å². The fourth-order valence-corrected chi connectivity index (χ4v) is 3.99. The van der Waals surface area contributed by atoms with Crippen LogP contribution in [-0.4, -0.2) is 68.3 Å². The summed E-state index contributed by atoms with van der Waals surface area (Å²) in [6, 6.07) is 8.38. The van der Waals surface area contributed by atoms with Crippen molar-refractivity contribution in [2.75, 3.05) is 40.5 Å². The van der Waals surface area contributed by atoms with Gasteiger partial charge in [0, 0.05) is 31.3 Å². The Bertz CT molecular complexity index is 563. The molecule has 2 aliphatic heterocycles. The van der Waals surface area contributed by atoms with Crippen molar-refractivity contribution in [2.45, 2.75) is 37.8 Å². The molecule has 2 atom stereocenters. The van der Waals surface area contributed by atoms with Crippen molar-refractivity contribution in [2.24, 2.45) is 0 Å². The zero-order chi connectivity index (χ0) is 16.9. The predicted octanol–water partition coefficient (Wildman–Crippen LogP) is 2.41. The third-order valence-corrected chi connectivity index (χ3v) is 5.22. The summed E-state index contributed by atoms with van der Waals surface area (Å²) in [7, 11) is 3.83. The number of methoxy groups -OCH3 is 1. The molecule has 5 heteroatoms. The van der Waals surface area contributed by atoms with E-state index in [-0.39, 0.29) is 5.91 Å². The molecule has 0 aliphatic carbocycles. The van der Waals surface area contributed by atoms with Crippen molar-refractivity contribution in [3.63, 3.8) is 0 Å². The van der Waals surface area contributed by atoms with Crippen molar-refractivity contribution >= 4 is 5.91 Å². The van der Waals surface area contributed by atoms with E-state index in [9.17, 15) is 4.79 Å². The lowest BCUT2D eigenvalue weighted by atomic mass is 10.0. The van der Waals surface area contributed by atoms with Crippen LogP contribution < -0.4 is 4.74 Å². The third-order valence-electron chi connectivity index (χ3n) is 5.22. The molecule has 2 fully saturated rings. The summed E-state index contributed by atoms with van der Waals surface area (Å²) in [5.41, 5.74) is 0.720. The molecule has 0 saturated carbocycles. The molecule has 0 N–H and O–H groups in total. The monoisotopic (exact) mass is 332 g/mol. The first-order valence-electron chi connectivity index (χ1n) is 8.93. The van der Waals surface area contributed by atoms with E-state index in [1.54, 1.807) is 7.11 Å². The summed E-state index contributed by atoms with van der Waals surface area (Å²) in [6.45, 7) is 3.04. The fraction of sp³-hybridized carbons (Fsp3) is 0.632. The van der Waals surface area contributed by atoms with Gasteiger partial charge in [-0.3, -0.25) is 4.79 Å². The van der Waals surface area contributed by atoms with Gasteiger partial charge in [-0.1, -0.05) is 6.07 Å². The normalized spacial score (nSPS) is 24.5. The van der Waals surface area contributed by atoms with Gasteiger partial charge in [-0.25, -0.2) is 0 Å². The Morgan fingerprint density at radius 1 is 1.17 bits per heavy atom. The van der Waals surface area contributed by atoms with Crippen LogP contribution in [0.3, 0.4) is 0 Å². The molecule has 2 heterocycles. The highest BCUT2D eigenvalue weighted by Crippen LogP contribution is 2.30. The van der Waals surface area contributed by atoms with Crippen molar-refractivity contribution < 1.29 is 14.3 Å². The standard InChI is InChI=1S/C19H28N2O3/c1-20-10-4-8-17(20)18-9-5-11-21(18)19(22)15-6-3-7-16(14-15)24-13-12-23-2/h3,6-7,14,17-18H,4-5,8-13H2,1-2H3/t17-,18+/m0/s1. The van der Waals surface area contributed by atoms with Gasteiger partial charge < -0.3 is 19.3 Å². The van der Waals surface area contributed by atoms with Crippen LogP contribution in [0, 0.1) is 0 Å². The number of rotatable bonds is 6. The average Bonchev–Trinajstić information content (AvgIpc) is 3.23. The summed E-state index contributed by atoms with van der Waals surface area (Å²) in [4.78, 5) is 17.5. The largest absolute Gasteiger partial charge is 0.491 e. The molecule has 0 spiro atoms. The summed E-state index contributed by atoms with van der Waals surface area (Å²) >= 11 is 0. The van der Waals surface area contributed by atoms with Gasteiger partial charge in [0.15, 0.2) is 0 Å². The Morgan fingerprint density at radius 2 is 1.96 bits per heavy atom. The number of nitrogens with zero attached hydrogens (tertiary/aromatic N) is 2. The topological polar surface area (TPSA) is 42.0 Å². The first-order chi connectivity index (χ1) is 11.7. The highest BCUT2D eigenvalue weighted by atomic mass is 16.5. The summed E-state index contributed by atoms with van der Waals surface area (Å²) < 4.78 is 10.6. The number of carbonyl (C=O) groups is 1.